The lowest BCUT2D eigenvalue weighted by Crippen LogP contribution is -2.54. The molecule has 0 spiro atoms. The van der Waals surface area contributed by atoms with Gasteiger partial charge in [-0.3, -0.25) is 0 Å². The first kappa shape index (κ1) is 21.3. The molecule has 140 valence electrons. The van der Waals surface area contributed by atoms with Crippen molar-refractivity contribution >= 4 is 23.7 Å². The second-order valence-electron chi connectivity index (χ2n) is 7.94. The lowest BCUT2D eigenvalue weighted by Gasteiger charge is -2.33. The number of carbonyl (C=O) groups excluding carboxylic acids is 2. The van der Waals surface area contributed by atoms with Gasteiger partial charge in [-0.15, -0.1) is 11.6 Å². The van der Waals surface area contributed by atoms with Crippen molar-refractivity contribution in [3.63, 3.8) is 0 Å². The van der Waals surface area contributed by atoms with Crippen molar-refractivity contribution in [2.24, 2.45) is 0 Å². The van der Waals surface area contributed by atoms with E-state index in [9.17, 15) is 9.59 Å². The van der Waals surface area contributed by atoms with E-state index in [2.05, 4.69) is 5.32 Å². The van der Waals surface area contributed by atoms with Gasteiger partial charge in [0.15, 0.2) is 0 Å². The van der Waals surface area contributed by atoms with Crippen LogP contribution in [0.5, 0.6) is 0 Å². The third-order valence-electron chi connectivity index (χ3n) is 3.41. The highest BCUT2D eigenvalue weighted by Gasteiger charge is 2.40. The Balaban J connectivity index is 2.93. The highest BCUT2D eigenvalue weighted by atomic mass is 35.5. The summed E-state index contributed by atoms with van der Waals surface area (Å²) in [6.07, 6.45) is -0.722. The third kappa shape index (κ3) is 6.94. The fourth-order valence-electron chi connectivity index (χ4n) is 2.15. The number of rotatable bonds is 5. The molecular formula is C19H28ClNO4. The van der Waals surface area contributed by atoms with Crippen molar-refractivity contribution in [2.75, 3.05) is 0 Å². The fourth-order valence-corrected chi connectivity index (χ4v) is 2.29. The van der Waals surface area contributed by atoms with Gasteiger partial charge in [-0.2, -0.15) is 0 Å². The zero-order chi connectivity index (χ0) is 19.5. The Morgan fingerprint density at radius 1 is 0.960 bits per heavy atom. The summed E-state index contributed by atoms with van der Waals surface area (Å²) in [6, 6.07) is 8.30. The Morgan fingerprint density at radius 2 is 1.48 bits per heavy atom. The van der Waals surface area contributed by atoms with Crippen molar-refractivity contribution in [3.8, 4) is 0 Å². The zero-order valence-corrected chi connectivity index (χ0v) is 16.7. The highest BCUT2D eigenvalue weighted by molar-refractivity contribution is 6.25. The van der Waals surface area contributed by atoms with Crippen LogP contribution in [0.4, 0.5) is 4.79 Å². The lowest BCUT2D eigenvalue weighted by atomic mass is 9.97. The van der Waals surface area contributed by atoms with Crippen LogP contribution in [0.15, 0.2) is 30.3 Å². The van der Waals surface area contributed by atoms with Crippen LogP contribution in [0.1, 0.15) is 54.0 Å². The summed E-state index contributed by atoms with van der Waals surface area (Å²) >= 11 is 6.31. The van der Waals surface area contributed by atoms with E-state index in [-0.39, 0.29) is 0 Å². The molecule has 0 bridgehead atoms. The molecule has 0 unspecified atom stereocenters. The number of hydrogen-bond donors (Lipinski definition) is 1. The summed E-state index contributed by atoms with van der Waals surface area (Å²) in [5, 5.41) is 2.52. The number of alkyl carbamates (subject to hydrolysis) is 1. The van der Waals surface area contributed by atoms with Gasteiger partial charge in [-0.05, 0) is 54.0 Å². The van der Waals surface area contributed by atoms with Gasteiger partial charge < -0.3 is 14.8 Å². The van der Waals surface area contributed by atoms with Crippen LogP contribution < -0.4 is 5.32 Å². The molecule has 0 aliphatic carbocycles. The highest BCUT2D eigenvalue weighted by Crippen LogP contribution is 2.28. The van der Waals surface area contributed by atoms with Gasteiger partial charge in [-0.1, -0.05) is 30.3 Å². The van der Waals surface area contributed by atoms with Gasteiger partial charge in [0.05, 0.1) is 4.87 Å². The van der Waals surface area contributed by atoms with E-state index in [0.29, 0.717) is 0 Å². The zero-order valence-electron chi connectivity index (χ0n) is 16.0. The Bertz CT molecular complexity index is 600. The minimum absolute atomic E-state index is 0.625. The number of amides is 1. The molecule has 0 heterocycles. The average Bonchev–Trinajstić information content (AvgIpc) is 2.42. The molecule has 1 atom stereocenters. The first-order chi connectivity index (χ1) is 11.2. The molecule has 1 N–H and O–H groups in total. The number of benzene rings is 1. The molecule has 0 fully saturated rings. The monoisotopic (exact) mass is 369 g/mol. The van der Waals surface area contributed by atoms with Crippen LogP contribution >= 0.6 is 11.6 Å². The van der Waals surface area contributed by atoms with Gasteiger partial charge in [0.25, 0.3) is 0 Å². The number of ether oxygens (including phenoxy) is 2. The maximum Gasteiger partial charge on any atom is 0.408 e. The normalized spacial score (nSPS) is 13.8. The minimum atomic E-state index is -1.06. The topological polar surface area (TPSA) is 64.6 Å². The molecule has 0 aliphatic heterocycles. The number of nitrogens with one attached hydrogen (secondary N) is 1. The Morgan fingerprint density at radius 3 is 1.92 bits per heavy atom. The van der Waals surface area contributed by atoms with E-state index >= 15 is 0 Å². The van der Waals surface area contributed by atoms with Crippen molar-refractivity contribution in [3.05, 3.63) is 35.9 Å². The second-order valence-corrected chi connectivity index (χ2v) is 8.92. The maximum absolute atomic E-state index is 12.7. The number of alkyl halides is 1. The molecule has 25 heavy (non-hydrogen) atoms. The molecule has 0 saturated heterocycles. The van der Waals surface area contributed by atoms with Gasteiger partial charge in [0.1, 0.15) is 17.2 Å². The third-order valence-corrected chi connectivity index (χ3v) is 3.63. The first-order valence-electron chi connectivity index (χ1n) is 8.19. The predicted octanol–water partition coefficient (Wildman–Crippen LogP) is 4.38. The quantitative estimate of drug-likeness (QED) is 0.618. The minimum Gasteiger partial charge on any atom is -0.453 e. The van der Waals surface area contributed by atoms with E-state index in [1.165, 1.54) is 0 Å². The smallest absolute Gasteiger partial charge is 0.408 e. The van der Waals surface area contributed by atoms with Crippen LogP contribution in [0.3, 0.4) is 0 Å². The number of halogens is 1. The number of carbonyl (C=O) groups is 2. The number of hydrogen-bond acceptors (Lipinski definition) is 4. The Hall–Kier alpha value is -1.75. The van der Waals surface area contributed by atoms with Crippen LogP contribution in [0, 0.1) is 0 Å². The van der Waals surface area contributed by atoms with E-state index in [1.807, 2.05) is 30.3 Å². The van der Waals surface area contributed by atoms with E-state index < -0.39 is 34.2 Å². The molecule has 0 saturated carbocycles. The summed E-state index contributed by atoms with van der Waals surface area (Å²) in [5.41, 5.74) is -0.709. The van der Waals surface area contributed by atoms with Crippen molar-refractivity contribution in [1.82, 2.24) is 5.32 Å². The fraction of sp³-hybridized carbons (Fsp3) is 0.579. The standard InChI is InChI=1S/C19H28ClNO4/c1-17(2,3)25-16(23)21-14(18(4,5)20)15(22)24-19(6,7)13-11-9-8-10-12-13/h8-12,14H,1-7H3,(H,21,23)/t14-/m1/s1. The maximum atomic E-state index is 12.7. The summed E-state index contributed by atoms with van der Waals surface area (Å²) in [4.78, 5) is 23.7. The largest absolute Gasteiger partial charge is 0.453 e. The molecule has 6 heteroatoms. The summed E-state index contributed by atoms with van der Waals surface area (Å²) in [6.45, 7) is 12.1. The van der Waals surface area contributed by atoms with Crippen molar-refractivity contribution < 1.29 is 19.1 Å². The van der Waals surface area contributed by atoms with Crippen LogP contribution in [0.25, 0.3) is 0 Å². The molecule has 0 aliphatic rings. The lowest BCUT2D eigenvalue weighted by molar-refractivity contribution is -0.161. The number of esters is 1. The predicted molar refractivity (Wildman–Crippen MR) is 98.6 cm³/mol. The first-order valence-corrected chi connectivity index (χ1v) is 8.57. The van der Waals surface area contributed by atoms with Gasteiger partial charge in [-0.25, -0.2) is 9.59 Å². The molecule has 0 radical (unpaired) electrons. The van der Waals surface area contributed by atoms with Gasteiger partial charge >= 0.3 is 12.1 Å². The van der Waals surface area contributed by atoms with Crippen molar-refractivity contribution in [1.29, 1.82) is 0 Å². The Labute approximate surface area is 155 Å². The van der Waals surface area contributed by atoms with Crippen LogP contribution in [0.2, 0.25) is 0 Å². The van der Waals surface area contributed by atoms with E-state index in [0.717, 1.165) is 5.56 Å². The van der Waals surface area contributed by atoms with Gasteiger partial charge in [0, 0.05) is 0 Å². The summed E-state index contributed by atoms with van der Waals surface area (Å²) in [5.74, 6) is -0.625. The van der Waals surface area contributed by atoms with E-state index in [1.54, 1.807) is 48.5 Å². The second kappa shape index (κ2) is 7.65. The van der Waals surface area contributed by atoms with E-state index in [4.69, 9.17) is 21.1 Å². The average molecular weight is 370 g/mol. The molecular weight excluding hydrogens is 342 g/mol. The molecule has 1 amide bonds. The summed E-state index contributed by atoms with van der Waals surface area (Å²) < 4.78 is 10.9. The molecule has 1 aromatic rings. The Kier molecular flexibility index (Phi) is 6.51. The van der Waals surface area contributed by atoms with Gasteiger partial charge in [0.2, 0.25) is 0 Å². The summed E-state index contributed by atoms with van der Waals surface area (Å²) in [7, 11) is 0. The van der Waals surface area contributed by atoms with Crippen LogP contribution in [-0.4, -0.2) is 28.6 Å². The van der Waals surface area contributed by atoms with Crippen molar-refractivity contribution in [2.45, 2.75) is 70.6 Å². The molecule has 1 rings (SSSR count). The molecule has 1 aromatic carbocycles. The SMILES string of the molecule is CC(C)(C)OC(=O)N[C@H](C(=O)OC(C)(C)c1ccccc1)C(C)(C)Cl. The molecule has 5 nitrogen and oxygen atoms in total. The molecule has 0 aromatic heterocycles. The van der Waals surface area contributed by atoms with Crippen LogP contribution in [-0.2, 0) is 19.9 Å².